The second-order valence-electron chi connectivity index (χ2n) is 4.79. The standard InChI is InChI=1S/C14H21NO2/c1-11(13-2-4-14(16)5-3-13)15-8-6-12-7-9-17-10-12/h2-5,11-12,15-16H,6-10H2,1H3. The second-order valence-corrected chi connectivity index (χ2v) is 4.79. The van der Waals surface area contributed by atoms with Gasteiger partial charge in [-0.15, -0.1) is 0 Å². The van der Waals surface area contributed by atoms with Crippen LogP contribution in [0.2, 0.25) is 0 Å². The maximum absolute atomic E-state index is 9.22. The van der Waals surface area contributed by atoms with Gasteiger partial charge in [0.25, 0.3) is 0 Å². The third kappa shape index (κ3) is 3.72. The number of benzene rings is 1. The second kappa shape index (κ2) is 6.03. The van der Waals surface area contributed by atoms with Crippen molar-refractivity contribution in [2.24, 2.45) is 5.92 Å². The van der Waals surface area contributed by atoms with Gasteiger partial charge in [-0.25, -0.2) is 0 Å². The molecule has 1 aromatic carbocycles. The predicted octanol–water partition coefficient (Wildman–Crippen LogP) is 2.47. The molecule has 94 valence electrons. The maximum Gasteiger partial charge on any atom is 0.115 e. The van der Waals surface area contributed by atoms with E-state index in [4.69, 9.17) is 4.74 Å². The molecule has 2 unspecified atom stereocenters. The summed E-state index contributed by atoms with van der Waals surface area (Å²) in [5.41, 5.74) is 1.21. The Balaban J connectivity index is 1.72. The van der Waals surface area contributed by atoms with Crippen molar-refractivity contribution in [2.75, 3.05) is 19.8 Å². The Morgan fingerprint density at radius 1 is 1.41 bits per heavy atom. The van der Waals surface area contributed by atoms with Gasteiger partial charge in [0, 0.05) is 19.3 Å². The number of hydrogen-bond donors (Lipinski definition) is 2. The lowest BCUT2D eigenvalue weighted by molar-refractivity contribution is 0.184. The molecule has 0 aromatic heterocycles. The SMILES string of the molecule is CC(NCCC1CCOC1)c1ccc(O)cc1. The molecule has 2 atom stereocenters. The molecule has 3 nitrogen and oxygen atoms in total. The van der Waals surface area contributed by atoms with Gasteiger partial charge in [-0.3, -0.25) is 0 Å². The van der Waals surface area contributed by atoms with Crippen LogP contribution < -0.4 is 5.32 Å². The molecule has 1 saturated heterocycles. The number of rotatable bonds is 5. The van der Waals surface area contributed by atoms with Crippen LogP contribution in [-0.2, 0) is 4.74 Å². The molecule has 2 rings (SSSR count). The van der Waals surface area contributed by atoms with Gasteiger partial charge in [-0.1, -0.05) is 12.1 Å². The van der Waals surface area contributed by atoms with E-state index in [2.05, 4.69) is 12.2 Å². The van der Waals surface area contributed by atoms with Gasteiger partial charge in [-0.05, 0) is 49.9 Å². The zero-order valence-electron chi connectivity index (χ0n) is 10.4. The van der Waals surface area contributed by atoms with E-state index in [9.17, 15) is 5.11 Å². The molecular formula is C14H21NO2. The van der Waals surface area contributed by atoms with Crippen molar-refractivity contribution < 1.29 is 9.84 Å². The Hall–Kier alpha value is -1.06. The van der Waals surface area contributed by atoms with Crippen LogP contribution >= 0.6 is 0 Å². The van der Waals surface area contributed by atoms with Crippen LogP contribution in [0.3, 0.4) is 0 Å². The molecule has 1 aliphatic rings. The van der Waals surface area contributed by atoms with Gasteiger partial charge < -0.3 is 15.2 Å². The highest BCUT2D eigenvalue weighted by Crippen LogP contribution is 2.18. The van der Waals surface area contributed by atoms with Crippen molar-refractivity contribution in [2.45, 2.75) is 25.8 Å². The highest BCUT2D eigenvalue weighted by molar-refractivity contribution is 5.27. The Morgan fingerprint density at radius 3 is 2.82 bits per heavy atom. The van der Waals surface area contributed by atoms with Gasteiger partial charge >= 0.3 is 0 Å². The van der Waals surface area contributed by atoms with E-state index in [1.165, 1.54) is 18.4 Å². The number of phenols is 1. The van der Waals surface area contributed by atoms with E-state index in [-0.39, 0.29) is 0 Å². The van der Waals surface area contributed by atoms with E-state index in [1.807, 2.05) is 12.1 Å². The number of phenolic OH excluding ortho intramolecular Hbond substituents is 1. The van der Waals surface area contributed by atoms with Crippen molar-refractivity contribution in [3.05, 3.63) is 29.8 Å². The van der Waals surface area contributed by atoms with Crippen molar-refractivity contribution >= 4 is 0 Å². The molecule has 2 N–H and O–H groups in total. The molecule has 0 radical (unpaired) electrons. The molecule has 1 heterocycles. The Labute approximate surface area is 103 Å². The van der Waals surface area contributed by atoms with Crippen molar-refractivity contribution in [3.63, 3.8) is 0 Å². The van der Waals surface area contributed by atoms with Crippen LogP contribution in [-0.4, -0.2) is 24.9 Å². The third-order valence-corrected chi connectivity index (χ3v) is 3.42. The lowest BCUT2D eigenvalue weighted by Crippen LogP contribution is -2.22. The van der Waals surface area contributed by atoms with Crippen LogP contribution in [0.4, 0.5) is 0 Å². The lowest BCUT2D eigenvalue weighted by Gasteiger charge is -2.15. The fourth-order valence-corrected chi connectivity index (χ4v) is 2.20. The third-order valence-electron chi connectivity index (χ3n) is 3.42. The summed E-state index contributed by atoms with van der Waals surface area (Å²) in [6, 6.07) is 7.73. The van der Waals surface area contributed by atoms with Crippen molar-refractivity contribution in [1.29, 1.82) is 0 Å². The van der Waals surface area contributed by atoms with Crippen molar-refractivity contribution in [3.8, 4) is 5.75 Å². The number of hydrogen-bond acceptors (Lipinski definition) is 3. The fourth-order valence-electron chi connectivity index (χ4n) is 2.20. The summed E-state index contributed by atoms with van der Waals surface area (Å²) < 4.78 is 5.36. The van der Waals surface area contributed by atoms with Crippen molar-refractivity contribution in [1.82, 2.24) is 5.32 Å². The van der Waals surface area contributed by atoms with Gasteiger partial charge in [0.15, 0.2) is 0 Å². The minimum Gasteiger partial charge on any atom is -0.508 e. The Bertz CT molecular complexity index is 331. The first-order chi connectivity index (χ1) is 8.25. The van der Waals surface area contributed by atoms with Gasteiger partial charge in [-0.2, -0.15) is 0 Å². The summed E-state index contributed by atoms with van der Waals surface area (Å²) >= 11 is 0. The summed E-state index contributed by atoms with van der Waals surface area (Å²) in [6.07, 6.45) is 2.39. The summed E-state index contributed by atoms with van der Waals surface area (Å²) in [5, 5.41) is 12.7. The molecule has 0 amide bonds. The highest BCUT2D eigenvalue weighted by Gasteiger charge is 2.15. The average Bonchev–Trinajstić information content (AvgIpc) is 2.83. The molecule has 17 heavy (non-hydrogen) atoms. The van der Waals surface area contributed by atoms with Crippen LogP contribution in [0.25, 0.3) is 0 Å². The molecule has 0 aliphatic carbocycles. The molecule has 1 fully saturated rings. The zero-order chi connectivity index (χ0) is 12.1. The largest absolute Gasteiger partial charge is 0.508 e. The van der Waals surface area contributed by atoms with E-state index in [1.54, 1.807) is 12.1 Å². The lowest BCUT2D eigenvalue weighted by atomic mass is 10.0. The summed E-state index contributed by atoms with van der Waals surface area (Å²) in [5.74, 6) is 1.05. The van der Waals surface area contributed by atoms with Crippen LogP contribution in [0.5, 0.6) is 5.75 Å². The fraction of sp³-hybridized carbons (Fsp3) is 0.571. The number of nitrogens with one attached hydrogen (secondary N) is 1. The monoisotopic (exact) mass is 235 g/mol. The number of aromatic hydroxyl groups is 1. The van der Waals surface area contributed by atoms with E-state index < -0.39 is 0 Å². The van der Waals surface area contributed by atoms with E-state index >= 15 is 0 Å². The molecule has 0 saturated carbocycles. The van der Waals surface area contributed by atoms with Gasteiger partial charge in [0.2, 0.25) is 0 Å². The first-order valence-corrected chi connectivity index (χ1v) is 6.36. The maximum atomic E-state index is 9.22. The van der Waals surface area contributed by atoms with Crippen LogP contribution in [0.1, 0.15) is 31.4 Å². The summed E-state index contributed by atoms with van der Waals surface area (Å²) in [4.78, 5) is 0. The molecule has 3 heteroatoms. The predicted molar refractivity (Wildman–Crippen MR) is 68.1 cm³/mol. The van der Waals surface area contributed by atoms with E-state index in [0.29, 0.717) is 11.8 Å². The van der Waals surface area contributed by atoms with Crippen LogP contribution in [0.15, 0.2) is 24.3 Å². The van der Waals surface area contributed by atoms with Gasteiger partial charge in [0.05, 0.1) is 0 Å². The number of ether oxygens (including phenoxy) is 1. The Kier molecular flexibility index (Phi) is 4.40. The summed E-state index contributed by atoms with van der Waals surface area (Å²) in [6.45, 7) is 5.03. The summed E-state index contributed by atoms with van der Waals surface area (Å²) in [7, 11) is 0. The quantitative estimate of drug-likeness (QED) is 0.823. The van der Waals surface area contributed by atoms with Crippen LogP contribution in [0, 0.1) is 5.92 Å². The molecule has 0 bridgehead atoms. The van der Waals surface area contributed by atoms with E-state index in [0.717, 1.165) is 25.7 Å². The smallest absolute Gasteiger partial charge is 0.115 e. The Morgan fingerprint density at radius 2 is 2.18 bits per heavy atom. The van der Waals surface area contributed by atoms with Gasteiger partial charge in [0.1, 0.15) is 5.75 Å². The minimum atomic E-state index is 0.323. The molecule has 1 aliphatic heterocycles. The highest BCUT2D eigenvalue weighted by atomic mass is 16.5. The first kappa shape index (κ1) is 12.4. The average molecular weight is 235 g/mol. The normalized spacial score (nSPS) is 21.6. The first-order valence-electron chi connectivity index (χ1n) is 6.36. The molecular weight excluding hydrogens is 214 g/mol. The molecule has 0 spiro atoms. The topological polar surface area (TPSA) is 41.5 Å². The zero-order valence-corrected chi connectivity index (χ0v) is 10.4. The minimum absolute atomic E-state index is 0.323. The molecule has 1 aromatic rings.